The Hall–Kier alpha value is -3.21. The van der Waals surface area contributed by atoms with E-state index in [0.29, 0.717) is 42.1 Å². The Morgan fingerprint density at radius 1 is 1.12 bits per heavy atom. The third kappa shape index (κ3) is 4.56. The van der Waals surface area contributed by atoms with E-state index in [4.69, 9.17) is 21.2 Å². The number of rotatable bonds is 5. The third-order valence-corrected chi connectivity index (χ3v) is 6.47. The summed E-state index contributed by atoms with van der Waals surface area (Å²) >= 11 is 0. The van der Waals surface area contributed by atoms with Crippen molar-refractivity contribution in [2.45, 2.75) is 25.2 Å². The second-order valence-electron chi connectivity index (χ2n) is 8.81. The molecule has 3 aromatic rings. The molecule has 1 amide bonds. The zero-order chi connectivity index (χ0) is 23.7. The Labute approximate surface area is 196 Å². The van der Waals surface area contributed by atoms with Crippen molar-refractivity contribution in [2.24, 2.45) is 11.5 Å². The van der Waals surface area contributed by atoms with Crippen molar-refractivity contribution < 1.29 is 13.9 Å². The first-order valence-electron chi connectivity index (χ1n) is 11.5. The summed E-state index contributed by atoms with van der Waals surface area (Å²) in [6.45, 7) is 4.96. The maximum Gasteiger partial charge on any atom is 0.251 e. The van der Waals surface area contributed by atoms with Crippen molar-refractivity contribution in [1.29, 1.82) is 0 Å². The number of amides is 1. The topological polar surface area (TPSA) is 123 Å². The van der Waals surface area contributed by atoms with Crippen LogP contribution >= 0.6 is 0 Å². The van der Waals surface area contributed by atoms with Gasteiger partial charge in [-0.2, -0.15) is 0 Å². The number of ether oxygens (including phenoxy) is 1. The summed E-state index contributed by atoms with van der Waals surface area (Å²) in [6.07, 6.45) is 0.628. The molecule has 0 aliphatic carbocycles. The lowest BCUT2D eigenvalue weighted by atomic mass is 10.0. The van der Waals surface area contributed by atoms with Crippen LogP contribution in [0.1, 0.15) is 22.3 Å². The van der Waals surface area contributed by atoms with E-state index in [1.165, 1.54) is 11.9 Å². The molecule has 0 radical (unpaired) electrons. The number of primary amides is 1. The highest BCUT2D eigenvalue weighted by atomic mass is 19.1. The maximum atomic E-state index is 13.9. The number of hydrogen-bond donors (Lipinski definition) is 2. The minimum atomic E-state index is -1.05. The van der Waals surface area contributed by atoms with Gasteiger partial charge in [0.05, 0.1) is 30.5 Å². The molecule has 2 unspecified atom stereocenters. The van der Waals surface area contributed by atoms with Gasteiger partial charge in [-0.15, -0.1) is 0 Å². The number of carbonyl (C=O) groups excluding carboxylic acids is 1. The zero-order valence-corrected chi connectivity index (χ0v) is 18.9. The molecule has 1 aromatic carbocycles. The monoisotopic (exact) mass is 465 g/mol. The summed E-state index contributed by atoms with van der Waals surface area (Å²) < 4.78 is 19.4. The molecule has 2 aliphatic heterocycles. The van der Waals surface area contributed by atoms with E-state index in [-0.39, 0.29) is 5.56 Å². The minimum absolute atomic E-state index is 0.269. The van der Waals surface area contributed by atoms with E-state index in [1.807, 2.05) is 17.0 Å². The van der Waals surface area contributed by atoms with Crippen LogP contribution in [-0.4, -0.2) is 77.4 Å². The molecule has 2 atom stereocenters. The van der Waals surface area contributed by atoms with Crippen LogP contribution in [0.2, 0.25) is 0 Å². The second kappa shape index (κ2) is 9.57. The van der Waals surface area contributed by atoms with Crippen LogP contribution < -0.4 is 16.4 Å². The quantitative estimate of drug-likeness (QED) is 0.581. The number of aromatic nitrogens is 3. The predicted octanol–water partition coefficient (Wildman–Crippen LogP) is 1.50. The van der Waals surface area contributed by atoms with Crippen molar-refractivity contribution in [1.82, 2.24) is 19.9 Å². The van der Waals surface area contributed by atoms with Crippen LogP contribution in [0.4, 0.5) is 10.2 Å². The van der Waals surface area contributed by atoms with Gasteiger partial charge in [0.15, 0.2) is 5.82 Å². The van der Waals surface area contributed by atoms with Crippen LogP contribution in [0.15, 0.2) is 36.7 Å². The molecule has 0 spiro atoms. The van der Waals surface area contributed by atoms with Crippen molar-refractivity contribution in [3.8, 4) is 11.3 Å². The molecule has 4 N–H and O–H groups in total. The maximum absolute atomic E-state index is 13.9. The number of hydrogen-bond acceptors (Lipinski definition) is 8. The van der Waals surface area contributed by atoms with Crippen molar-refractivity contribution in [3.05, 3.63) is 47.8 Å². The lowest BCUT2D eigenvalue weighted by Gasteiger charge is -2.34. The molecule has 0 saturated carbocycles. The lowest BCUT2D eigenvalue weighted by Crippen LogP contribution is -2.50. The van der Waals surface area contributed by atoms with Gasteiger partial charge in [0.2, 0.25) is 0 Å². The number of morpholine rings is 1. The summed E-state index contributed by atoms with van der Waals surface area (Å²) in [5.41, 5.74) is 15.4. The minimum Gasteiger partial charge on any atom is -0.379 e. The van der Waals surface area contributed by atoms with E-state index in [0.717, 1.165) is 38.4 Å². The zero-order valence-electron chi connectivity index (χ0n) is 18.9. The van der Waals surface area contributed by atoms with E-state index < -0.39 is 18.1 Å². The number of pyridine rings is 1. The first kappa shape index (κ1) is 22.6. The van der Waals surface area contributed by atoms with Gasteiger partial charge in [-0.05, 0) is 18.1 Å². The summed E-state index contributed by atoms with van der Waals surface area (Å²) in [6, 6.07) is 9.16. The van der Waals surface area contributed by atoms with Gasteiger partial charge < -0.3 is 21.1 Å². The molecule has 34 heavy (non-hydrogen) atoms. The molecule has 2 aromatic heterocycles. The van der Waals surface area contributed by atoms with E-state index >= 15 is 0 Å². The molecule has 2 saturated heterocycles. The van der Waals surface area contributed by atoms with E-state index in [2.05, 4.69) is 27.0 Å². The van der Waals surface area contributed by atoms with Crippen LogP contribution in [0, 0.1) is 0 Å². The number of anilines is 1. The van der Waals surface area contributed by atoms with Crippen LogP contribution in [0.25, 0.3) is 22.3 Å². The van der Waals surface area contributed by atoms with Gasteiger partial charge in [-0.1, -0.05) is 24.3 Å². The predicted molar refractivity (Wildman–Crippen MR) is 127 cm³/mol. The molecule has 4 heterocycles. The van der Waals surface area contributed by atoms with Gasteiger partial charge in [0.25, 0.3) is 5.91 Å². The standard InChI is InChI=1S/C24H28FN7O2/c25-18-5-6-32(13-19(18)26)24-22-21(28-14-29-24)17(23(27)33)11-20(30-22)16-3-1-15(2-4-16)12-31-7-9-34-10-8-31/h1-4,11,14,18-19H,5-10,12-13,26H2,(H2,27,33). The highest BCUT2D eigenvalue weighted by Gasteiger charge is 2.29. The molecule has 5 rings (SSSR count). The molecule has 0 bridgehead atoms. The normalized spacial score (nSPS) is 21.6. The van der Waals surface area contributed by atoms with E-state index in [1.54, 1.807) is 6.07 Å². The third-order valence-electron chi connectivity index (χ3n) is 6.47. The van der Waals surface area contributed by atoms with Crippen molar-refractivity contribution in [3.63, 3.8) is 0 Å². The first-order valence-corrected chi connectivity index (χ1v) is 11.5. The molecule has 10 heteroatoms. The number of carbonyl (C=O) groups is 1. The Morgan fingerprint density at radius 2 is 1.88 bits per heavy atom. The number of nitrogens with two attached hydrogens (primary N) is 2. The fraction of sp³-hybridized carbons (Fsp3) is 0.417. The van der Waals surface area contributed by atoms with Gasteiger partial charge in [0.1, 0.15) is 23.5 Å². The van der Waals surface area contributed by atoms with Gasteiger partial charge in [0, 0.05) is 38.3 Å². The SMILES string of the molecule is NC(=O)c1cc(-c2ccc(CN3CCOCC3)cc2)nc2c(N3CCC(F)C(N)C3)ncnc12. The smallest absolute Gasteiger partial charge is 0.251 e. The lowest BCUT2D eigenvalue weighted by molar-refractivity contribution is 0.0342. The molecule has 2 fully saturated rings. The largest absolute Gasteiger partial charge is 0.379 e. The van der Waals surface area contributed by atoms with Gasteiger partial charge in [-0.3, -0.25) is 9.69 Å². The summed E-state index contributed by atoms with van der Waals surface area (Å²) in [7, 11) is 0. The molecule has 178 valence electrons. The second-order valence-corrected chi connectivity index (χ2v) is 8.81. The number of piperidine rings is 1. The highest BCUT2D eigenvalue weighted by molar-refractivity contribution is 6.07. The highest BCUT2D eigenvalue weighted by Crippen LogP contribution is 2.30. The van der Waals surface area contributed by atoms with Crippen LogP contribution in [0.3, 0.4) is 0 Å². The fourth-order valence-corrected chi connectivity index (χ4v) is 4.54. The molecule has 2 aliphatic rings. The number of benzene rings is 1. The molecule has 9 nitrogen and oxygen atoms in total. The summed E-state index contributed by atoms with van der Waals surface area (Å²) in [5.74, 6) is -0.0676. The average molecular weight is 466 g/mol. The first-order chi connectivity index (χ1) is 16.5. The number of alkyl halides is 1. The molecular formula is C24H28FN7O2. The number of nitrogens with zero attached hydrogens (tertiary/aromatic N) is 5. The van der Waals surface area contributed by atoms with E-state index in [9.17, 15) is 9.18 Å². The van der Waals surface area contributed by atoms with Crippen LogP contribution in [-0.2, 0) is 11.3 Å². The summed E-state index contributed by atoms with van der Waals surface area (Å²) in [5, 5.41) is 0. The van der Waals surface area contributed by atoms with Crippen LogP contribution in [0.5, 0.6) is 0 Å². The fourth-order valence-electron chi connectivity index (χ4n) is 4.54. The summed E-state index contributed by atoms with van der Waals surface area (Å²) in [4.78, 5) is 30.1. The Morgan fingerprint density at radius 3 is 2.59 bits per heavy atom. The Bertz CT molecular complexity index is 1180. The Kier molecular flexibility index (Phi) is 6.36. The molecular weight excluding hydrogens is 437 g/mol. The Balaban J connectivity index is 1.50. The number of halogens is 1. The number of fused-ring (bicyclic) bond motifs is 1. The average Bonchev–Trinajstić information content (AvgIpc) is 2.86. The van der Waals surface area contributed by atoms with Crippen molar-refractivity contribution in [2.75, 3.05) is 44.3 Å². The van der Waals surface area contributed by atoms with Crippen molar-refractivity contribution >= 4 is 22.8 Å². The van der Waals surface area contributed by atoms with Gasteiger partial charge >= 0.3 is 0 Å². The van der Waals surface area contributed by atoms with Gasteiger partial charge in [-0.25, -0.2) is 19.3 Å².